The summed E-state index contributed by atoms with van der Waals surface area (Å²) >= 11 is 0. The molecule has 0 amide bonds. The van der Waals surface area contributed by atoms with Crippen LogP contribution in [0.1, 0.15) is 37.7 Å². The average Bonchev–Trinajstić information content (AvgIpc) is 2.38. The third-order valence-electron chi connectivity index (χ3n) is 4.44. The van der Waals surface area contributed by atoms with Crippen molar-refractivity contribution in [2.24, 2.45) is 0 Å². The molecular formula is C16H24F2N2. The first-order valence-electron chi connectivity index (χ1n) is 7.35. The van der Waals surface area contributed by atoms with Crippen LogP contribution in [0.15, 0.2) is 18.2 Å². The molecular weight excluding hydrogens is 258 g/mol. The molecule has 1 aliphatic carbocycles. The van der Waals surface area contributed by atoms with Gasteiger partial charge in [0.1, 0.15) is 11.6 Å². The van der Waals surface area contributed by atoms with Gasteiger partial charge in [-0.25, -0.2) is 8.78 Å². The Bertz CT molecular complexity index is 420. The fraction of sp³-hybridized carbons (Fsp3) is 0.625. The van der Waals surface area contributed by atoms with Crippen LogP contribution in [0.5, 0.6) is 0 Å². The van der Waals surface area contributed by atoms with E-state index in [1.54, 1.807) is 0 Å². The number of nitrogens with one attached hydrogen (secondary N) is 1. The van der Waals surface area contributed by atoms with Gasteiger partial charge in [0.05, 0.1) is 0 Å². The van der Waals surface area contributed by atoms with Gasteiger partial charge in [0, 0.05) is 24.7 Å². The Morgan fingerprint density at radius 2 is 1.65 bits per heavy atom. The highest BCUT2D eigenvalue weighted by Gasteiger charge is 2.33. The summed E-state index contributed by atoms with van der Waals surface area (Å²) in [5.74, 6) is -1.02. The Hall–Kier alpha value is -1.00. The highest BCUT2D eigenvalue weighted by atomic mass is 19.1. The van der Waals surface area contributed by atoms with Crippen molar-refractivity contribution in [2.75, 3.05) is 20.6 Å². The van der Waals surface area contributed by atoms with Crippen molar-refractivity contribution in [1.82, 2.24) is 10.2 Å². The van der Waals surface area contributed by atoms with Crippen LogP contribution in [0, 0.1) is 11.6 Å². The van der Waals surface area contributed by atoms with E-state index in [0.29, 0.717) is 12.1 Å². The van der Waals surface area contributed by atoms with Crippen molar-refractivity contribution in [3.05, 3.63) is 35.4 Å². The van der Waals surface area contributed by atoms with Gasteiger partial charge in [-0.05, 0) is 44.6 Å². The molecule has 0 atom stereocenters. The van der Waals surface area contributed by atoms with Gasteiger partial charge in [0.25, 0.3) is 0 Å². The maximum Gasteiger partial charge on any atom is 0.126 e. The number of rotatable bonds is 5. The second kappa shape index (κ2) is 6.64. The van der Waals surface area contributed by atoms with Crippen molar-refractivity contribution in [2.45, 2.75) is 44.2 Å². The minimum Gasteiger partial charge on any atom is -0.311 e. The molecule has 1 aliphatic rings. The lowest BCUT2D eigenvalue weighted by atomic mass is 9.80. The van der Waals surface area contributed by atoms with E-state index in [1.807, 2.05) is 0 Å². The normalized spacial score (nSPS) is 18.4. The highest BCUT2D eigenvalue weighted by Crippen LogP contribution is 2.31. The zero-order chi connectivity index (χ0) is 14.6. The van der Waals surface area contributed by atoms with Crippen LogP contribution in [-0.2, 0) is 6.54 Å². The monoisotopic (exact) mass is 282 g/mol. The molecule has 1 aromatic carbocycles. The maximum absolute atomic E-state index is 13.1. The first kappa shape index (κ1) is 15.4. The predicted octanol–water partition coefficient (Wildman–Crippen LogP) is 3.32. The van der Waals surface area contributed by atoms with E-state index in [0.717, 1.165) is 12.6 Å². The SMILES string of the molecule is CN(C)C1(CNCc2cc(F)cc(F)c2)CCCCC1. The first-order valence-corrected chi connectivity index (χ1v) is 7.35. The topological polar surface area (TPSA) is 15.3 Å². The molecule has 0 aromatic heterocycles. The van der Waals surface area contributed by atoms with E-state index in [2.05, 4.69) is 24.3 Å². The molecule has 112 valence electrons. The molecule has 4 heteroatoms. The minimum absolute atomic E-state index is 0.185. The summed E-state index contributed by atoms with van der Waals surface area (Å²) in [5.41, 5.74) is 0.844. The number of benzene rings is 1. The Morgan fingerprint density at radius 3 is 2.20 bits per heavy atom. The number of nitrogens with zero attached hydrogens (tertiary/aromatic N) is 1. The summed E-state index contributed by atoms with van der Waals surface area (Å²) in [4.78, 5) is 2.30. The molecule has 2 nitrogen and oxygen atoms in total. The van der Waals surface area contributed by atoms with Gasteiger partial charge in [0.2, 0.25) is 0 Å². The summed E-state index contributed by atoms with van der Waals surface area (Å²) in [6.07, 6.45) is 6.20. The van der Waals surface area contributed by atoms with Crippen LogP contribution in [0.25, 0.3) is 0 Å². The summed E-state index contributed by atoms with van der Waals surface area (Å²) in [6.45, 7) is 1.36. The summed E-state index contributed by atoms with van der Waals surface area (Å²) in [6, 6.07) is 3.69. The van der Waals surface area contributed by atoms with Gasteiger partial charge in [0.15, 0.2) is 0 Å². The summed E-state index contributed by atoms with van der Waals surface area (Å²) < 4.78 is 26.3. The lowest BCUT2D eigenvalue weighted by molar-refractivity contribution is 0.0984. The van der Waals surface area contributed by atoms with Crippen LogP contribution >= 0.6 is 0 Å². The van der Waals surface area contributed by atoms with Crippen LogP contribution < -0.4 is 5.32 Å². The molecule has 1 saturated carbocycles. The minimum atomic E-state index is -0.512. The van der Waals surface area contributed by atoms with Gasteiger partial charge in [-0.15, -0.1) is 0 Å². The van der Waals surface area contributed by atoms with E-state index in [4.69, 9.17) is 0 Å². The second-order valence-corrected chi connectivity index (χ2v) is 6.06. The molecule has 20 heavy (non-hydrogen) atoms. The fourth-order valence-corrected chi connectivity index (χ4v) is 3.14. The quantitative estimate of drug-likeness (QED) is 0.891. The zero-order valence-electron chi connectivity index (χ0n) is 12.4. The second-order valence-electron chi connectivity index (χ2n) is 6.06. The molecule has 1 aromatic rings. The number of hydrogen-bond acceptors (Lipinski definition) is 2. The molecule has 0 radical (unpaired) electrons. The third-order valence-corrected chi connectivity index (χ3v) is 4.44. The molecule has 2 rings (SSSR count). The Labute approximate surface area is 120 Å². The van der Waals surface area contributed by atoms with Crippen molar-refractivity contribution < 1.29 is 8.78 Å². The predicted molar refractivity (Wildman–Crippen MR) is 77.6 cm³/mol. The van der Waals surface area contributed by atoms with Crippen LogP contribution in [-0.4, -0.2) is 31.1 Å². The van der Waals surface area contributed by atoms with Crippen molar-refractivity contribution in [1.29, 1.82) is 0 Å². The smallest absolute Gasteiger partial charge is 0.126 e. The number of halogens is 2. The van der Waals surface area contributed by atoms with E-state index >= 15 is 0 Å². The van der Waals surface area contributed by atoms with Crippen molar-refractivity contribution in [3.63, 3.8) is 0 Å². The van der Waals surface area contributed by atoms with Crippen LogP contribution in [0.3, 0.4) is 0 Å². The summed E-state index contributed by atoms with van der Waals surface area (Å²) in [7, 11) is 4.24. The van der Waals surface area contributed by atoms with E-state index < -0.39 is 11.6 Å². The lowest BCUT2D eigenvalue weighted by Crippen LogP contribution is -2.52. The van der Waals surface area contributed by atoms with Gasteiger partial charge < -0.3 is 10.2 Å². The Kier molecular flexibility index (Phi) is 5.11. The van der Waals surface area contributed by atoms with E-state index in [-0.39, 0.29) is 5.54 Å². The summed E-state index contributed by atoms with van der Waals surface area (Å²) in [5, 5.41) is 3.37. The van der Waals surface area contributed by atoms with Gasteiger partial charge in [-0.1, -0.05) is 19.3 Å². The van der Waals surface area contributed by atoms with Crippen molar-refractivity contribution in [3.8, 4) is 0 Å². The van der Waals surface area contributed by atoms with Gasteiger partial charge >= 0.3 is 0 Å². The Morgan fingerprint density at radius 1 is 1.05 bits per heavy atom. The third kappa shape index (κ3) is 3.76. The molecule has 1 N–H and O–H groups in total. The first-order chi connectivity index (χ1) is 9.52. The van der Waals surface area contributed by atoms with Crippen molar-refractivity contribution >= 4 is 0 Å². The van der Waals surface area contributed by atoms with E-state index in [1.165, 1.54) is 44.2 Å². The van der Waals surface area contributed by atoms with Gasteiger partial charge in [-0.3, -0.25) is 0 Å². The molecule has 1 fully saturated rings. The largest absolute Gasteiger partial charge is 0.311 e. The van der Waals surface area contributed by atoms with Crippen LogP contribution in [0.2, 0.25) is 0 Å². The average molecular weight is 282 g/mol. The molecule has 0 heterocycles. The number of likely N-dealkylation sites (N-methyl/N-ethyl adjacent to an activating group) is 1. The number of hydrogen-bond donors (Lipinski definition) is 1. The molecule has 0 saturated heterocycles. The molecule has 0 bridgehead atoms. The highest BCUT2D eigenvalue weighted by molar-refractivity contribution is 5.17. The van der Waals surface area contributed by atoms with Crippen LogP contribution in [0.4, 0.5) is 8.78 Å². The standard InChI is InChI=1S/C16H24F2N2/c1-20(2)16(6-4-3-5-7-16)12-19-11-13-8-14(17)10-15(18)9-13/h8-10,19H,3-7,11-12H2,1-2H3. The van der Waals surface area contributed by atoms with E-state index in [9.17, 15) is 8.78 Å². The lowest BCUT2D eigenvalue weighted by Gasteiger charge is -2.43. The Balaban J connectivity index is 1.93. The fourth-order valence-electron chi connectivity index (χ4n) is 3.14. The molecule has 0 spiro atoms. The molecule has 0 unspecified atom stereocenters. The molecule has 0 aliphatic heterocycles. The van der Waals surface area contributed by atoms with Gasteiger partial charge in [-0.2, -0.15) is 0 Å². The zero-order valence-corrected chi connectivity index (χ0v) is 12.4. The maximum atomic E-state index is 13.1.